The molecule has 2 aliphatic carbocycles. The number of ether oxygens (including phenoxy) is 1. The van der Waals surface area contributed by atoms with Gasteiger partial charge in [0.2, 0.25) is 0 Å². The van der Waals surface area contributed by atoms with Gasteiger partial charge in [-0.25, -0.2) is 0 Å². The minimum Gasteiger partial charge on any atom is -0.511 e. The van der Waals surface area contributed by atoms with Crippen molar-refractivity contribution in [3.05, 3.63) is 46.5 Å². The summed E-state index contributed by atoms with van der Waals surface area (Å²) >= 11 is 0. The average molecular weight is 555 g/mol. The lowest BCUT2D eigenvalue weighted by Gasteiger charge is -2.56. The highest BCUT2D eigenvalue weighted by Gasteiger charge is 2.59. The molecule has 6 unspecified atom stereocenters. The van der Waals surface area contributed by atoms with Gasteiger partial charge in [0.15, 0.2) is 11.6 Å². The highest BCUT2D eigenvalue weighted by atomic mass is 16.5. The highest BCUT2D eigenvalue weighted by molar-refractivity contribution is 6.25. The molecule has 0 amide bonds. The summed E-state index contributed by atoms with van der Waals surface area (Å²) in [5.74, 6) is -2.29. The van der Waals surface area contributed by atoms with Crippen LogP contribution in [0.4, 0.5) is 0 Å². The van der Waals surface area contributed by atoms with Crippen LogP contribution in [0.5, 0.6) is 0 Å². The average Bonchev–Trinajstić information content (AvgIpc) is 2.85. The number of ketones is 2. The van der Waals surface area contributed by atoms with E-state index in [1.807, 2.05) is 26.8 Å². The fraction of sp³-hybridized carbons (Fsp3) is 0.676. The van der Waals surface area contributed by atoms with Crippen LogP contribution >= 0.6 is 0 Å². The summed E-state index contributed by atoms with van der Waals surface area (Å²) < 4.78 is 6.25. The van der Waals surface area contributed by atoms with E-state index in [1.165, 1.54) is 0 Å². The van der Waals surface area contributed by atoms with Crippen molar-refractivity contribution in [3.8, 4) is 0 Å². The summed E-state index contributed by atoms with van der Waals surface area (Å²) in [6.07, 6.45) is 5.93. The van der Waals surface area contributed by atoms with Crippen LogP contribution in [-0.2, 0) is 19.1 Å². The van der Waals surface area contributed by atoms with E-state index in [1.54, 1.807) is 13.8 Å². The molecule has 1 saturated carbocycles. The van der Waals surface area contributed by atoms with Gasteiger partial charge < -0.3 is 14.9 Å². The first-order chi connectivity index (χ1) is 18.6. The molecule has 0 radical (unpaired) electrons. The van der Waals surface area contributed by atoms with Crippen molar-refractivity contribution in [1.82, 2.24) is 0 Å². The van der Waals surface area contributed by atoms with Crippen LogP contribution in [0.25, 0.3) is 0 Å². The lowest BCUT2D eigenvalue weighted by Crippen LogP contribution is -2.52. The number of hydrogen-bond acceptors (Lipinski definition) is 5. The standard InChI is InChI=1S/C34H50O6/c1-10-11-12-13-23(16-26(35)36)27-30-28(29(37)21(6)22(7)40-30)32(39)34(31(27)38,15-14-19(2)3)18-24-17-25(20(4)5)33(24,8)9/h14,21-25,38H,4,10-13,15-18H2,1-3,5-9H3,(H,35,36). The molecule has 0 saturated heterocycles. The van der Waals surface area contributed by atoms with E-state index < -0.39 is 29.3 Å². The Morgan fingerprint density at radius 3 is 2.35 bits per heavy atom. The van der Waals surface area contributed by atoms with Crippen molar-refractivity contribution in [3.63, 3.8) is 0 Å². The van der Waals surface area contributed by atoms with Gasteiger partial charge in [-0.1, -0.05) is 70.8 Å². The van der Waals surface area contributed by atoms with E-state index in [2.05, 4.69) is 27.4 Å². The number of carboxylic acids is 1. The van der Waals surface area contributed by atoms with Crippen LogP contribution in [0.15, 0.2) is 46.5 Å². The largest absolute Gasteiger partial charge is 0.511 e. The zero-order valence-electron chi connectivity index (χ0n) is 25.9. The maximum atomic E-state index is 14.6. The van der Waals surface area contributed by atoms with Gasteiger partial charge in [0, 0.05) is 11.5 Å². The van der Waals surface area contributed by atoms with Crippen LogP contribution in [-0.4, -0.2) is 33.9 Å². The predicted molar refractivity (Wildman–Crippen MR) is 158 cm³/mol. The third-order valence-electron chi connectivity index (χ3n) is 10.0. The van der Waals surface area contributed by atoms with E-state index in [0.29, 0.717) is 24.3 Å². The molecule has 6 nitrogen and oxygen atoms in total. The van der Waals surface area contributed by atoms with Gasteiger partial charge in [-0.15, -0.1) is 0 Å². The molecule has 0 aromatic carbocycles. The third kappa shape index (κ3) is 5.73. The summed E-state index contributed by atoms with van der Waals surface area (Å²) in [4.78, 5) is 40.5. The second kappa shape index (κ2) is 12.1. The second-order valence-electron chi connectivity index (χ2n) is 13.5. The topological polar surface area (TPSA) is 101 Å². The monoisotopic (exact) mass is 554 g/mol. The Hall–Kier alpha value is -2.63. The molecule has 0 aromatic heterocycles. The molecule has 40 heavy (non-hydrogen) atoms. The first-order valence-corrected chi connectivity index (χ1v) is 15.0. The first kappa shape index (κ1) is 31.9. The third-order valence-corrected chi connectivity index (χ3v) is 10.0. The second-order valence-corrected chi connectivity index (χ2v) is 13.5. The van der Waals surface area contributed by atoms with Crippen LogP contribution in [0, 0.1) is 34.5 Å². The Morgan fingerprint density at radius 1 is 1.18 bits per heavy atom. The zero-order valence-corrected chi connectivity index (χ0v) is 25.9. The number of hydrogen-bond donors (Lipinski definition) is 2. The highest BCUT2D eigenvalue weighted by Crippen LogP contribution is 2.61. The molecule has 222 valence electrons. The van der Waals surface area contributed by atoms with Crippen LogP contribution in [0.3, 0.4) is 0 Å². The summed E-state index contributed by atoms with van der Waals surface area (Å²) in [5, 5.41) is 22.2. The van der Waals surface area contributed by atoms with Gasteiger partial charge in [-0.3, -0.25) is 14.4 Å². The van der Waals surface area contributed by atoms with Crippen LogP contribution < -0.4 is 0 Å². The number of carbonyl (C=O) groups excluding carboxylic acids is 2. The lowest BCUT2D eigenvalue weighted by atomic mass is 9.48. The summed E-state index contributed by atoms with van der Waals surface area (Å²) in [6, 6.07) is 0. The Balaban J connectivity index is 2.28. The molecule has 6 heteroatoms. The maximum absolute atomic E-state index is 14.6. The van der Waals surface area contributed by atoms with Gasteiger partial charge in [0.1, 0.15) is 23.2 Å². The Labute approximate surface area is 240 Å². The number of Topliss-reactive ketones (excluding diaryl/α,β-unsaturated/α-hetero) is 2. The molecular weight excluding hydrogens is 504 g/mol. The SMILES string of the molecule is C=C(C)C1CC(CC2(CC=C(C)C)C(=O)C3=C(OC(C)C(C)C3=O)C(C(CCCCC)CC(=O)O)=C2O)C1(C)C. The normalized spacial score (nSPS) is 30.3. The fourth-order valence-corrected chi connectivity index (χ4v) is 7.06. The quantitative estimate of drug-likeness (QED) is 0.144. The van der Waals surface area contributed by atoms with Crippen molar-refractivity contribution in [1.29, 1.82) is 0 Å². The number of rotatable bonds is 12. The summed E-state index contributed by atoms with van der Waals surface area (Å²) in [6.45, 7) is 20.1. The molecule has 0 spiro atoms. The number of allylic oxidation sites excluding steroid dienone is 6. The van der Waals surface area contributed by atoms with E-state index in [-0.39, 0.29) is 52.8 Å². The van der Waals surface area contributed by atoms with E-state index >= 15 is 0 Å². The van der Waals surface area contributed by atoms with Gasteiger partial charge in [-0.2, -0.15) is 0 Å². The minimum atomic E-state index is -1.35. The number of aliphatic hydroxyl groups is 1. The van der Waals surface area contributed by atoms with E-state index in [4.69, 9.17) is 4.74 Å². The Kier molecular flexibility index (Phi) is 9.63. The zero-order chi connectivity index (χ0) is 30.2. The van der Waals surface area contributed by atoms with Gasteiger partial charge in [0.05, 0.1) is 17.8 Å². The Bertz CT molecular complexity index is 1150. The molecule has 0 aromatic rings. The van der Waals surface area contributed by atoms with Crippen molar-refractivity contribution >= 4 is 17.5 Å². The molecule has 1 heterocycles. The molecule has 3 aliphatic rings. The van der Waals surface area contributed by atoms with Crippen molar-refractivity contribution < 1.29 is 29.3 Å². The number of unbranched alkanes of at least 4 members (excludes halogenated alkanes) is 2. The fourth-order valence-electron chi connectivity index (χ4n) is 7.06. The number of aliphatic carboxylic acids is 1. The molecule has 1 aliphatic heterocycles. The first-order valence-electron chi connectivity index (χ1n) is 15.0. The molecule has 3 rings (SSSR count). The smallest absolute Gasteiger partial charge is 0.303 e. The molecule has 2 N–H and O–H groups in total. The molecular formula is C34H50O6. The molecule has 1 fully saturated rings. The summed E-state index contributed by atoms with van der Waals surface area (Å²) in [7, 11) is 0. The minimum absolute atomic E-state index is 0.0139. The number of aliphatic hydroxyl groups excluding tert-OH is 1. The van der Waals surface area contributed by atoms with Gasteiger partial charge in [0.25, 0.3) is 0 Å². The number of carbonyl (C=O) groups is 3. The van der Waals surface area contributed by atoms with Crippen molar-refractivity contribution in [2.24, 2.45) is 34.5 Å². The van der Waals surface area contributed by atoms with Crippen LogP contribution in [0.1, 0.15) is 107 Å². The van der Waals surface area contributed by atoms with Crippen molar-refractivity contribution in [2.45, 2.75) is 113 Å². The van der Waals surface area contributed by atoms with Gasteiger partial charge >= 0.3 is 5.97 Å². The maximum Gasteiger partial charge on any atom is 0.303 e. The van der Waals surface area contributed by atoms with E-state index in [9.17, 15) is 24.6 Å². The number of carboxylic acid groups (broad SMARTS) is 1. The molecule has 0 bridgehead atoms. The van der Waals surface area contributed by atoms with Crippen LogP contribution in [0.2, 0.25) is 0 Å². The molecule has 6 atom stereocenters. The van der Waals surface area contributed by atoms with E-state index in [0.717, 1.165) is 36.8 Å². The lowest BCUT2D eigenvalue weighted by molar-refractivity contribution is -0.137. The van der Waals surface area contributed by atoms with Gasteiger partial charge in [-0.05, 0) is 70.6 Å². The Morgan fingerprint density at radius 2 is 1.82 bits per heavy atom. The summed E-state index contributed by atoms with van der Waals surface area (Å²) in [5.41, 5.74) is 1.00. The predicted octanol–water partition coefficient (Wildman–Crippen LogP) is 7.90. The van der Waals surface area contributed by atoms with Crippen molar-refractivity contribution in [2.75, 3.05) is 0 Å².